The van der Waals surface area contributed by atoms with Crippen LogP contribution >= 0.6 is 0 Å². The summed E-state index contributed by atoms with van der Waals surface area (Å²) in [6.45, 7) is 6.27. The van der Waals surface area contributed by atoms with Crippen LogP contribution in [0.1, 0.15) is 25.1 Å². The minimum absolute atomic E-state index is 0.231. The van der Waals surface area contributed by atoms with Gasteiger partial charge < -0.3 is 19.2 Å². The average molecular weight is 493 g/mol. The van der Waals surface area contributed by atoms with E-state index >= 15 is 0 Å². The van der Waals surface area contributed by atoms with Crippen LogP contribution < -0.4 is 14.8 Å². The second kappa shape index (κ2) is 10.2. The molecule has 3 aromatic carbocycles. The van der Waals surface area contributed by atoms with Gasteiger partial charge in [-0.3, -0.25) is 9.78 Å². The minimum atomic E-state index is -0.231. The van der Waals surface area contributed by atoms with Crippen LogP contribution in [0.5, 0.6) is 11.5 Å². The minimum Gasteiger partial charge on any atom is -0.496 e. The third-order valence-electron chi connectivity index (χ3n) is 6.27. The fourth-order valence-corrected chi connectivity index (χ4v) is 4.52. The molecule has 0 aliphatic carbocycles. The number of pyridine rings is 1. The number of nitrogens with one attached hydrogen (secondary N) is 1. The molecular formula is C31H28N2O4. The monoisotopic (exact) mass is 492 g/mol. The SMILES string of the molecule is CCOc1cc2occ(-c3ccccc3OC)c2cc1/C(C)=C/C(=O)Nc1cccc2nc(C)ccc12. The molecule has 0 atom stereocenters. The van der Waals surface area contributed by atoms with Crippen molar-refractivity contribution in [3.63, 3.8) is 0 Å². The van der Waals surface area contributed by atoms with Gasteiger partial charge in [0.15, 0.2) is 0 Å². The number of furan rings is 1. The van der Waals surface area contributed by atoms with E-state index in [1.165, 1.54) is 0 Å². The lowest BCUT2D eigenvalue weighted by Crippen LogP contribution is -2.09. The van der Waals surface area contributed by atoms with Gasteiger partial charge in [-0.05, 0) is 62.7 Å². The lowest BCUT2D eigenvalue weighted by atomic mass is 9.98. The Labute approximate surface area is 215 Å². The van der Waals surface area contributed by atoms with E-state index in [1.807, 2.05) is 87.5 Å². The molecule has 6 heteroatoms. The fourth-order valence-electron chi connectivity index (χ4n) is 4.52. The Morgan fingerprint density at radius 3 is 2.65 bits per heavy atom. The van der Waals surface area contributed by atoms with Crippen LogP contribution in [-0.4, -0.2) is 24.6 Å². The number of aryl methyl sites for hydroxylation is 1. The molecule has 5 aromatic rings. The van der Waals surface area contributed by atoms with Gasteiger partial charge in [0.1, 0.15) is 17.1 Å². The van der Waals surface area contributed by atoms with Gasteiger partial charge in [-0.15, -0.1) is 0 Å². The lowest BCUT2D eigenvalue weighted by molar-refractivity contribution is -0.111. The Hall–Kier alpha value is -4.58. The highest BCUT2D eigenvalue weighted by atomic mass is 16.5. The predicted octanol–water partition coefficient (Wildman–Crippen LogP) is 7.41. The number of nitrogens with zero attached hydrogens (tertiary/aromatic N) is 1. The first-order chi connectivity index (χ1) is 18.0. The maximum Gasteiger partial charge on any atom is 0.248 e. The van der Waals surface area contributed by atoms with Gasteiger partial charge in [-0.25, -0.2) is 0 Å². The molecule has 0 saturated carbocycles. The van der Waals surface area contributed by atoms with Crippen molar-refractivity contribution in [2.24, 2.45) is 0 Å². The lowest BCUT2D eigenvalue weighted by Gasteiger charge is -2.12. The van der Waals surface area contributed by atoms with E-state index in [0.29, 0.717) is 23.6 Å². The number of hydrogen-bond acceptors (Lipinski definition) is 5. The maximum atomic E-state index is 13.1. The molecule has 0 fully saturated rings. The van der Waals surface area contributed by atoms with E-state index in [9.17, 15) is 4.79 Å². The van der Waals surface area contributed by atoms with E-state index in [4.69, 9.17) is 13.9 Å². The Kier molecular flexibility index (Phi) is 6.64. The van der Waals surface area contributed by atoms with Gasteiger partial charge in [0.05, 0.1) is 31.2 Å². The van der Waals surface area contributed by atoms with E-state index < -0.39 is 0 Å². The first-order valence-electron chi connectivity index (χ1n) is 12.2. The topological polar surface area (TPSA) is 73.6 Å². The molecule has 1 amide bonds. The molecular weight excluding hydrogens is 464 g/mol. The van der Waals surface area contributed by atoms with Crippen molar-refractivity contribution in [3.05, 3.63) is 90.3 Å². The van der Waals surface area contributed by atoms with E-state index in [0.717, 1.165) is 50.0 Å². The van der Waals surface area contributed by atoms with Gasteiger partial charge in [0.2, 0.25) is 5.91 Å². The standard InChI is InChI=1S/C31H28N2O4/c1-5-36-29-17-30-24(25(18-37-30)21-9-6-7-12-28(21)35-4)16-23(29)19(2)15-31(34)33-27-11-8-10-26-22(27)14-13-20(3)32-26/h6-18H,5H2,1-4H3,(H,33,34)/b19-15+. The molecule has 37 heavy (non-hydrogen) atoms. The molecule has 0 aliphatic heterocycles. The van der Waals surface area contributed by atoms with Gasteiger partial charge >= 0.3 is 0 Å². The largest absolute Gasteiger partial charge is 0.496 e. The van der Waals surface area contributed by atoms with Crippen LogP contribution in [0.15, 0.2) is 83.5 Å². The highest BCUT2D eigenvalue weighted by molar-refractivity contribution is 6.09. The summed E-state index contributed by atoms with van der Waals surface area (Å²) in [6.07, 6.45) is 3.32. The van der Waals surface area contributed by atoms with Crippen LogP contribution in [0.4, 0.5) is 5.69 Å². The molecule has 2 aromatic heterocycles. The first kappa shape index (κ1) is 24.1. The summed E-state index contributed by atoms with van der Waals surface area (Å²) in [7, 11) is 1.65. The first-order valence-corrected chi connectivity index (χ1v) is 12.2. The number of carbonyl (C=O) groups is 1. The summed E-state index contributed by atoms with van der Waals surface area (Å²) in [5.74, 6) is 1.18. The molecule has 0 unspecified atom stereocenters. The molecule has 0 spiro atoms. The van der Waals surface area contributed by atoms with Gasteiger partial charge in [0.25, 0.3) is 0 Å². The zero-order valence-electron chi connectivity index (χ0n) is 21.3. The quantitative estimate of drug-likeness (QED) is 0.240. The molecule has 0 radical (unpaired) electrons. The van der Waals surface area contributed by atoms with Gasteiger partial charge in [-0.1, -0.05) is 24.3 Å². The van der Waals surface area contributed by atoms with E-state index in [-0.39, 0.29) is 5.91 Å². The van der Waals surface area contributed by atoms with Crippen molar-refractivity contribution in [3.8, 4) is 22.6 Å². The number of rotatable bonds is 7. The highest BCUT2D eigenvalue weighted by Gasteiger charge is 2.17. The number of amides is 1. The molecule has 2 heterocycles. The summed E-state index contributed by atoms with van der Waals surface area (Å²) in [6, 6.07) is 21.3. The number of anilines is 1. The average Bonchev–Trinajstić information content (AvgIpc) is 3.31. The highest BCUT2D eigenvalue weighted by Crippen LogP contribution is 2.40. The molecule has 5 rings (SSSR count). The van der Waals surface area contributed by atoms with Crippen LogP contribution in [0, 0.1) is 6.92 Å². The molecule has 0 aliphatic rings. The number of para-hydroxylation sites is 1. The fraction of sp³-hybridized carbons (Fsp3) is 0.161. The molecule has 1 N–H and O–H groups in total. The number of benzene rings is 3. The predicted molar refractivity (Wildman–Crippen MR) is 148 cm³/mol. The van der Waals surface area contributed by atoms with Gasteiger partial charge in [0, 0.05) is 45.3 Å². The van der Waals surface area contributed by atoms with Gasteiger partial charge in [-0.2, -0.15) is 0 Å². The molecule has 0 bridgehead atoms. The van der Waals surface area contributed by atoms with Crippen molar-refractivity contribution in [2.45, 2.75) is 20.8 Å². The summed E-state index contributed by atoms with van der Waals surface area (Å²) in [4.78, 5) is 17.6. The summed E-state index contributed by atoms with van der Waals surface area (Å²) in [5, 5.41) is 4.81. The number of fused-ring (bicyclic) bond motifs is 2. The molecule has 186 valence electrons. The van der Waals surface area contributed by atoms with Crippen molar-refractivity contribution in [1.82, 2.24) is 4.98 Å². The maximum absolute atomic E-state index is 13.1. The number of methoxy groups -OCH3 is 1. The Balaban J connectivity index is 1.53. The third kappa shape index (κ3) is 4.78. The van der Waals surface area contributed by atoms with E-state index in [1.54, 1.807) is 19.4 Å². The molecule has 6 nitrogen and oxygen atoms in total. The zero-order chi connectivity index (χ0) is 25.9. The van der Waals surface area contributed by atoms with E-state index in [2.05, 4.69) is 10.3 Å². The normalized spacial score (nSPS) is 11.6. The van der Waals surface area contributed by atoms with Crippen LogP contribution in [-0.2, 0) is 4.79 Å². The van der Waals surface area contributed by atoms with Crippen molar-refractivity contribution < 1.29 is 18.7 Å². The third-order valence-corrected chi connectivity index (χ3v) is 6.27. The smallest absolute Gasteiger partial charge is 0.248 e. The van der Waals surface area contributed by atoms with Crippen molar-refractivity contribution in [2.75, 3.05) is 19.0 Å². The number of ether oxygens (including phenoxy) is 2. The second-order valence-corrected chi connectivity index (χ2v) is 8.77. The Morgan fingerprint density at radius 1 is 1.00 bits per heavy atom. The Morgan fingerprint density at radius 2 is 1.84 bits per heavy atom. The number of allylic oxidation sites excluding steroid dienone is 1. The second-order valence-electron chi connectivity index (χ2n) is 8.77. The van der Waals surface area contributed by atoms with Crippen LogP contribution in [0.3, 0.4) is 0 Å². The van der Waals surface area contributed by atoms with Crippen molar-refractivity contribution in [1.29, 1.82) is 0 Å². The number of carbonyl (C=O) groups excluding carboxylic acids is 1. The number of aromatic nitrogens is 1. The Bertz CT molecular complexity index is 1650. The van der Waals surface area contributed by atoms with Crippen LogP contribution in [0.25, 0.3) is 38.6 Å². The zero-order valence-corrected chi connectivity index (χ0v) is 21.3. The summed E-state index contributed by atoms with van der Waals surface area (Å²) >= 11 is 0. The summed E-state index contributed by atoms with van der Waals surface area (Å²) in [5.41, 5.74) is 6.60. The summed E-state index contributed by atoms with van der Waals surface area (Å²) < 4.78 is 17.4. The van der Waals surface area contributed by atoms with Crippen LogP contribution in [0.2, 0.25) is 0 Å². The number of hydrogen-bond donors (Lipinski definition) is 1. The molecule has 0 saturated heterocycles. The van der Waals surface area contributed by atoms with Crippen molar-refractivity contribution >= 4 is 39.0 Å².